The monoisotopic (exact) mass is 232 g/mol. The van der Waals surface area contributed by atoms with Gasteiger partial charge < -0.3 is 11.5 Å². The van der Waals surface area contributed by atoms with Crippen LogP contribution < -0.4 is 11.5 Å². The standard InChI is InChI=1S/C10H12N6O/c11-3-5-16-6-8(14-15-16)9(17)7-2-1-4-13-10(7)12/h1-2,4,6H,3,5,11H2,(H2,12,13). The van der Waals surface area contributed by atoms with Crippen molar-refractivity contribution in [3.8, 4) is 0 Å². The van der Waals surface area contributed by atoms with Crippen molar-refractivity contribution >= 4 is 11.6 Å². The summed E-state index contributed by atoms with van der Waals surface area (Å²) in [7, 11) is 0. The van der Waals surface area contributed by atoms with Gasteiger partial charge in [0.25, 0.3) is 0 Å². The summed E-state index contributed by atoms with van der Waals surface area (Å²) in [6.07, 6.45) is 3.07. The molecular weight excluding hydrogens is 220 g/mol. The lowest BCUT2D eigenvalue weighted by molar-refractivity contribution is 0.103. The molecule has 0 saturated heterocycles. The topological polar surface area (TPSA) is 113 Å². The van der Waals surface area contributed by atoms with Crippen LogP contribution in [0.4, 0.5) is 5.82 Å². The van der Waals surface area contributed by atoms with E-state index in [-0.39, 0.29) is 17.3 Å². The molecule has 7 nitrogen and oxygen atoms in total. The number of pyridine rings is 1. The quantitative estimate of drug-likeness (QED) is 0.683. The SMILES string of the molecule is NCCn1cc(C(=O)c2cccnc2N)nn1. The number of hydrogen-bond donors (Lipinski definition) is 2. The van der Waals surface area contributed by atoms with Gasteiger partial charge in [0.1, 0.15) is 5.82 Å². The summed E-state index contributed by atoms with van der Waals surface area (Å²) in [5, 5.41) is 7.56. The van der Waals surface area contributed by atoms with Gasteiger partial charge in [-0.05, 0) is 12.1 Å². The smallest absolute Gasteiger partial charge is 0.218 e. The summed E-state index contributed by atoms with van der Waals surface area (Å²) in [6.45, 7) is 0.953. The molecule has 0 radical (unpaired) electrons. The largest absolute Gasteiger partial charge is 0.383 e. The highest BCUT2D eigenvalue weighted by molar-refractivity contribution is 6.10. The molecule has 0 aliphatic rings. The van der Waals surface area contributed by atoms with E-state index in [1.54, 1.807) is 18.3 Å². The number of hydrogen-bond acceptors (Lipinski definition) is 6. The number of nitrogen functional groups attached to an aromatic ring is 1. The second kappa shape index (κ2) is 4.71. The first-order valence-electron chi connectivity index (χ1n) is 5.07. The normalized spacial score (nSPS) is 10.4. The number of nitrogens with zero attached hydrogens (tertiary/aromatic N) is 4. The summed E-state index contributed by atoms with van der Waals surface area (Å²) >= 11 is 0. The fraction of sp³-hybridized carbons (Fsp3) is 0.200. The van der Waals surface area contributed by atoms with E-state index in [0.29, 0.717) is 18.7 Å². The predicted octanol–water partition coefficient (Wildman–Crippen LogP) is -0.555. The third-order valence-electron chi connectivity index (χ3n) is 2.21. The van der Waals surface area contributed by atoms with E-state index in [0.717, 1.165) is 0 Å². The molecule has 0 atom stereocenters. The average molecular weight is 232 g/mol. The molecule has 0 fully saturated rings. The van der Waals surface area contributed by atoms with Crippen molar-refractivity contribution < 1.29 is 4.79 Å². The average Bonchev–Trinajstić information content (AvgIpc) is 2.78. The van der Waals surface area contributed by atoms with Crippen LogP contribution in [0.3, 0.4) is 0 Å². The van der Waals surface area contributed by atoms with Crippen molar-refractivity contribution in [2.75, 3.05) is 12.3 Å². The second-order valence-electron chi connectivity index (χ2n) is 3.42. The minimum absolute atomic E-state index is 0.186. The fourth-order valence-corrected chi connectivity index (χ4v) is 1.39. The van der Waals surface area contributed by atoms with E-state index in [1.165, 1.54) is 10.9 Å². The molecule has 0 saturated carbocycles. The van der Waals surface area contributed by atoms with Crippen molar-refractivity contribution in [2.24, 2.45) is 5.73 Å². The molecule has 2 rings (SSSR count). The molecule has 2 aromatic rings. The number of carbonyl (C=O) groups is 1. The van der Waals surface area contributed by atoms with Gasteiger partial charge in [0.05, 0.1) is 18.3 Å². The number of anilines is 1. The summed E-state index contributed by atoms with van der Waals surface area (Å²) < 4.78 is 1.51. The summed E-state index contributed by atoms with van der Waals surface area (Å²) in [4.78, 5) is 15.9. The van der Waals surface area contributed by atoms with Crippen LogP contribution in [0.25, 0.3) is 0 Å². The highest BCUT2D eigenvalue weighted by Crippen LogP contribution is 2.11. The van der Waals surface area contributed by atoms with Crippen molar-refractivity contribution in [3.05, 3.63) is 35.8 Å². The first kappa shape index (κ1) is 11.2. The third kappa shape index (κ3) is 2.28. The first-order chi connectivity index (χ1) is 8.22. The molecule has 88 valence electrons. The maximum Gasteiger partial charge on any atom is 0.218 e. The number of ketones is 1. The van der Waals surface area contributed by atoms with Crippen LogP contribution in [0.5, 0.6) is 0 Å². The Bertz CT molecular complexity index is 535. The summed E-state index contributed by atoms with van der Waals surface area (Å²) in [5.74, 6) is -0.107. The van der Waals surface area contributed by atoms with Gasteiger partial charge in [-0.1, -0.05) is 5.21 Å². The van der Waals surface area contributed by atoms with Crippen molar-refractivity contribution in [2.45, 2.75) is 6.54 Å². The Labute approximate surface area is 97.4 Å². The maximum atomic E-state index is 12.0. The summed E-state index contributed by atoms with van der Waals surface area (Å²) in [6, 6.07) is 3.25. The van der Waals surface area contributed by atoms with Crippen LogP contribution in [0.2, 0.25) is 0 Å². The lowest BCUT2D eigenvalue weighted by Gasteiger charge is -1.99. The first-order valence-corrected chi connectivity index (χ1v) is 5.07. The molecule has 0 amide bonds. The Hall–Kier alpha value is -2.28. The van der Waals surface area contributed by atoms with Crippen LogP contribution in [0, 0.1) is 0 Å². The van der Waals surface area contributed by atoms with Crippen molar-refractivity contribution in [3.63, 3.8) is 0 Å². The van der Waals surface area contributed by atoms with Crippen LogP contribution in [-0.2, 0) is 6.54 Å². The van der Waals surface area contributed by atoms with E-state index in [4.69, 9.17) is 11.5 Å². The minimum Gasteiger partial charge on any atom is -0.383 e. The van der Waals surface area contributed by atoms with Crippen LogP contribution in [0.1, 0.15) is 16.1 Å². The number of aromatic nitrogens is 4. The number of rotatable bonds is 4. The van der Waals surface area contributed by atoms with Gasteiger partial charge in [0.2, 0.25) is 5.78 Å². The molecule has 0 unspecified atom stereocenters. The molecule has 4 N–H and O–H groups in total. The van der Waals surface area contributed by atoms with Crippen LogP contribution >= 0.6 is 0 Å². The van der Waals surface area contributed by atoms with Gasteiger partial charge in [-0.3, -0.25) is 9.48 Å². The fourth-order valence-electron chi connectivity index (χ4n) is 1.39. The lowest BCUT2D eigenvalue weighted by atomic mass is 10.1. The number of carbonyl (C=O) groups excluding carboxylic acids is 1. The third-order valence-corrected chi connectivity index (χ3v) is 2.21. The zero-order chi connectivity index (χ0) is 12.3. The van der Waals surface area contributed by atoms with Crippen molar-refractivity contribution in [1.82, 2.24) is 20.0 Å². The highest BCUT2D eigenvalue weighted by Gasteiger charge is 2.16. The molecule has 2 heterocycles. The molecular formula is C10H12N6O. The van der Waals surface area contributed by atoms with E-state index >= 15 is 0 Å². The van der Waals surface area contributed by atoms with Gasteiger partial charge in [-0.2, -0.15) is 0 Å². The molecule has 17 heavy (non-hydrogen) atoms. The van der Waals surface area contributed by atoms with E-state index in [9.17, 15) is 4.79 Å². The van der Waals surface area contributed by atoms with Crippen LogP contribution in [-0.4, -0.2) is 32.3 Å². The van der Waals surface area contributed by atoms with Crippen LogP contribution in [0.15, 0.2) is 24.5 Å². The zero-order valence-corrected chi connectivity index (χ0v) is 9.08. The number of nitrogens with two attached hydrogens (primary N) is 2. The Morgan fingerprint density at radius 1 is 1.47 bits per heavy atom. The summed E-state index contributed by atoms with van der Waals surface area (Å²) in [5.41, 5.74) is 11.6. The molecule has 7 heteroatoms. The molecule has 0 aliphatic heterocycles. The van der Waals surface area contributed by atoms with Gasteiger partial charge >= 0.3 is 0 Å². The minimum atomic E-state index is -0.293. The molecule has 0 bridgehead atoms. The molecule has 0 spiro atoms. The molecule has 0 aliphatic carbocycles. The van der Waals surface area contributed by atoms with Gasteiger partial charge in [-0.15, -0.1) is 5.10 Å². The Morgan fingerprint density at radius 2 is 2.29 bits per heavy atom. The van der Waals surface area contributed by atoms with Crippen molar-refractivity contribution in [1.29, 1.82) is 0 Å². The predicted molar refractivity (Wildman–Crippen MR) is 61.2 cm³/mol. The van der Waals surface area contributed by atoms with E-state index in [2.05, 4.69) is 15.3 Å². The maximum absolute atomic E-state index is 12.0. The van der Waals surface area contributed by atoms with E-state index < -0.39 is 0 Å². The van der Waals surface area contributed by atoms with E-state index in [1.807, 2.05) is 0 Å². The second-order valence-corrected chi connectivity index (χ2v) is 3.42. The Morgan fingerprint density at radius 3 is 3.00 bits per heavy atom. The van der Waals surface area contributed by atoms with Gasteiger partial charge in [-0.25, -0.2) is 4.98 Å². The molecule has 0 aromatic carbocycles. The van der Waals surface area contributed by atoms with Gasteiger partial charge in [0.15, 0.2) is 5.69 Å². The highest BCUT2D eigenvalue weighted by atomic mass is 16.1. The zero-order valence-electron chi connectivity index (χ0n) is 9.08. The van der Waals surface area contributed by atoms with Gasteiger partial charge in [0, 0.05) is 12.7 Å². The Kier molecular flexibility index (Phi) is 3.10. The molecule has 2 aromatic heterocycles. The lowest BCUT2D eigenvalue weighted by Crippen LogP contribution is -2.10. The Balaban J connectivity index is 2.28.